The van der Waals surface area contributed by atoms with Crippen LogP contribution in [0.3, 0.4) is 0 Å². The van der Waals surface area contributed by atoms with Crippen molar-refractivity contribution >= 4 is 22.7 Å². The first-order valence-electron chi connectivity index (χ1n) is 16.8. The molecule has 2 aliphatic heterocycles. The Labute approximate surface area is 277 Å². The van der Waals surface area contributed by atoms with Crippen LogP contribution in [0.4, 0.5) is 5.69 Å². The van der Waals surface area contributed by atoms with E-state index < -0.39 is 11.6 Å². The molecule has 2 aliphatic rings. The Morgan fingerprint density at radius 2 is 1.62 bits per heavy atom. The number of H-pyrrole nitrogens is 1. The molecule has 0 spiro atoms. The highest BCUT2D eigenvalue weighted by Crippen LogP contribution is 2.42. The Morgan fingerprint density at radius 3 is 2.38 bits per heavy atom. The molecule has 5 aromatic rings. The molecular weight excluding hydrogens is 584 g/mol. The second-order valence-electron chi connectivity index (χ2n) is 14.0. The first-order chi connectivity index (χ1) is 22.7. The lowest BCUT2D eigenvalue weighted by Crippen LogP contribution is -2.30. The smallest absolute Gasteiger partial charge is 0.342 e. The number of aromatic nitrogens is 2. The van der Waals surface area contributed by atoms with Gasteiger partial charge in [0.1, 0.15) is 28.3 Å². The lowest BCUT2D eigenvalue weighted by atomic mass is 9.84. The summed E-state index contributed by atoms with van der Waals surface area (Å²) in [6.07, 6.45) is 8.31. The molecule has 0 bridgehead atoms. The maximum atomic E-state index is 13.2. The number of rotatable bonds is 7. The Kier molecular flexibility index (Phi) is 8.50. The van der Waals surface area contributed by atoms with Gasteiger partial charge in [0, 0.05) is 23.8 Å². The van der Waals surface area contributed by atoms with Crippen LogP contribution in [0.5, 0.6) is 11.5 Å². The molecule has 2 saturated heterocycles. The number of ether oxygens (including phenoxy) is 2. The van der Waals surface area contributed by atoms with Gasteiger partial charge in [-0.05, 0) is 131 Å². The molecule has 3 aromatic carbocycles. The maximum absolute atomic E-state index is 13.2. The van der Waals surface area contributed by atoms with Gasteiger partial charge >= 0.3 is 5.97 Å². The van der Waals surface area contributed by atoms with Crippen LogP contribution in [-0.4, -0.2) is 53.1 Å². The van der Waals surface area contributed by atoms with Crippen LogP contribution in [0.25, 0.3) is 22.2 Å². The monoisotopic (exact) mass is 628 g/mol. The van der Waals surface area contributed by atoms with Crippen LogP contribution in [0.1, 0.15) is 79.9 Å². The second-order valence-corrected chi connectivity index (χ2v) is 14.0. The van der Waals surface area contributed by atoms with Gasteiger partial charge in [0.2, 0.25) is 0 Å². The van der Waals surface area contributed by atoms with Crippen LogP contribution >= 0.6 is 0 Å². The van der Waals surface area contributed by atoms with E-state index in [-0.39, 0.29) is 0 Å². The standard InChI is InChI=1S/C40H44N4O3/c1-40(2,3)47-39(45)35-16-13-29(25-37(35)46-32-24-30-17-20-41-38(30)42-26-32)27-11-14-31(15-12-27)44-21-7-10-36(44)34-9-6-5-8-33(34)28-18-22-43(4)23-19-28/h5-6,8-9,11-17,20,24-26,28,36H,7,10,18-19,21-23H2,1-4H3,(H,41,42). The molecule has 47 heavy (non-hydrogen) atoms. The quantitative estimate of drug-likeness (QED) is 0.181. The highest BCUT2D eigenvalue weighted by atomic mass is 16.6. The highest BCUT2D eigenvalue weighted by molar-refractivity contribution is 5.94. The fraction of sp³-hybridized carbons (Fsp3) is 0.350. The van der Waals surface area contributed by atoms with E-state index in [1.54, 1.807) is 12.3 Å². The molecule has 1 N–H and O–H groups in total. The van der Waals surface area contributed by atoms with E-state index in [9.17, 15) is 4.79 Å². The third kappa shape index (κ3) is 6.77. The van der Waals surface area contributed by atoms with Crippen LogP contribution in [0.2, 0.25) is 0 Å². The third-order valence-electron chi connectivity index (χ3n) is 9.50. The summed E-state index contributed by atoms with van der Waals surface area (Å²) >= 11 is 0. The Morgan fingerprint density at radius 1 is 0.872 bits per heavy atom. The van der Waals surface area contributed by atoms with Crippen molar-refractivity contribution in [1.29, 1.82) is 0 Å². The van der Waals surface area contributed by atoms with E-state index in [0.29, 0.717) is 29.0 Å². The first-order valence-corrected chi connectivity index (χ1v) is 16.8. The Balaban J connectivity index is 1.16. The van der Waals surface area contributed by atoms with Crippen molar-refractivity contribution in [2.45, 2.75) is 64.0 Å². The molecule has 242 valence electrons. The molecule has 1 atom stereocenters. The average molecular weight is 629 g/mol. The number of esters is 1. The Bertz CT molecular complexity index is 1870. The molecular formula is C40H44N4O3. The van der Waals surface area contributed by atoms with Crippen molar-refractivity contribution in [3.63, 3.8) is 0 Å². The van der Waals surface area contributed by atoms with Crippen molar-refractivity contribution in [3.05, 3.63) is 108 Å². The van der Waals surface area contributed by atoms with Crippen LogP contribution in [-0.2, 0) is 4.74 Å². The Hall–Kier alpha value is -4.62. The molecule has 7 heteroatoms. The number of fused-ring (bicyclic) bond motifs is 1. The molecule has 4 heterocycles. The van der Waals surface area contributed by atoms with Crippen molar-refractivity contribution in [1.82, 2.24) is 14.9 Å². The predicted molar refractivity (Wildman–Crippen MR) is 188 cm³/mol. The van der Waals surface area contributed by atoms with Gasteiger partial charge in [-0.2, -0.15) is 0 Å². The minimum atomic E-state index is -0.629. The number of hydrogen-bond acceptors (Lipinski definition) is 6. The third-order valence-corrected chi connectivity index (χ3v) is 9.50. The number of carbonyl (C=O) groups is 1. The van der Waals surface area contributed by atoms with Gasteiger partial charge in [-0.25, -0.2) is 9.78 Å². The average Bonchev–Trinajstić information content (AvgIpc) is 3.74. The largest absolute Gasteiger partial charge is 0.456 e. The topological polar surface area (TPSA) is 70.7 Å². The fourth-order valence-corrected chi connectivity index (χ4v) is 7.14. The first kappa shape index (κ1) is 31.0. The van der Waals surface area contributed by atoms with E-state index in [1.807, 2.05) is 51.2 Å². The molecule has 1 unspecified atom stereocenters. The zero-order chi connectivity index (χ0) is 32.5. The van der Waals surface area contributed by atoms with Gasteiger partial charge in [0.05, 0.1) is 12.2 Å². The minimum Gasteiger partial charge on any atom is -0.456 e. The van der Waals surface area contributed by atoms with Crippen LogP contribution in [0.15, 0.2) is 91.3 Å². The number of carbonyl (C=O) groups excluding carboxylic acids is 1. The van der Waals surface area contributed by atoms with Gasteiger partial charge in [-0.3, -0.25) is 0 Å². The van der Waals surface area contributed by atoms with Crippen molar-refractivity contribution in [2.75, 3.05) is 31.6 Å². The molecule has 7 nitrogen and oxygen atoms in total. The normalized spacial score (nSPS) is 17.7. The molecule has 0 saturated carbocycles. The summed E-state index contributed by atoms with van der Waals surface area (Å²) in [6, 6.07) is 27.9. The number of hydrogen-bond donors (Lipinski definition) is 1. The molecule has 0 amide bonds. The number of likely N-dealkylation sites (tertiary alicyclic amines) is 1. The van der Waals surface area contributed by atoms with Gasteiger partial charge in [0.15, 0.2) is 0 Å². The zero-order valence-electron chi connectivity index (χ0n) is 27.8. The van der Waals surface area contributed by atoms with Gasteiger partial charge < -0.3 is 24.3 Å². The lowest BCUT2D eigenvalue weighted by Gasteiger charge is -2.34. The fourth-order valence-electron chi connectivity index (χ4n) is 7.14. The summed E-state index contributed by atoms with van der Waals surface area (Å²) in [7, 11) is 2.23. The van der Waals surface area contributed by atoms with Gasteiger partial charge in [-0.15, -0.1) is 0 Å². The number of benzene rings is 3. The second kappa shape index (κ2) is 12.9. The SMILES string of the molecule is CN1CCC(c2ccccc2C2CCCN2c2ccc(-c3ccc(C(=O)OC(C)(C)C)c(Oc4cnc5[nH]ccc5c4)c3)cc2)CC1. The van der Waals surface area contributed by atoms with E-state index in [1.165, 1.54) is 55.6 Å². The summed E-state index contributed by atoms with van der Waals surface area (Å²) in [5.74, 6) is 1.19. The van der Waals surface area contributed by atoms with Gasteiger partial charge in [-0.1, -0.05) is 42.5 Å². The summed E-state index contributed by atoms with van der Waals surface area (Å²) < 4.78 is 12.1. The number of piperidine rings is 1. The zero-order valence-corrected chi connectivity index (χ0v) is 27.8. The number of nitrogens with zero attached hydrogens (tertiary/aromatic N) is 3. The summed E-state index contributed by atoms with van der Waals surface area (Å²) in [4.78, 5) is 25.8. The molecule has 0 radical (unpaired) electrons. The van der Waals surface area contributed by atoms with Crippen LogP contribution < -0.4 is 9.64 Å². The number of anilines is 1. The number of pyridine rings is 1. The van der Waals surface area contributed by atoms with Crippen molar-refractivity contribution in [2.24, 2.45) is 0 Å². The van der Waals surface area contributed by atoms with E-state index >= 15 is 0 Å². The minimum absolute atomic E-state index is 0.373. The van der Waals surface area contributed by atoms with E-state index in [0.717, 1.165) is 28.7 Å². The van der Waals surface area contributed by atoms with Crippen molar-refractivity contribution < 1.29 is 14.3 Å². The van der Waals surface area contributed by atoms with Crippen molar-refractivity contribution in [3.8, 4) is 22.6 Å². The lowest BCUT2D eigenvalue weighted by molar-refractivity contribution is 0.00672. The number of aromatic amines is 1. The van der Waals surface area contributed by atoms with Gasteiger partial charge in [0.25, 0.3) is 0 Å². The predicted octanol–water partition coefficient (Wildman–Crippen LogP) is 9.13. The number of nitrogens with one attached hydrogen (secondary N) is 1. The maximum Gasteiger partial charge on any atom is 0.342 e. The van der Waals surface area contributed by atoms with E-state index in [2.05, 4.69) is 75.3 Å². The molecule has 2 aromatic heterocycles. The molecule has 0 aliphatic carbocycles. The summed E-state index contributed by atoms with van der Waals surface area (Å²) in [5.41, 5.74) is 6.81. The van der Waals surface area contributed by atoms with Crippen LogP contribution in [0, 0.1) is 0 Å². The highest BCUT2D eigenvalue weighted by Gasteiger charge is 2.31. The van der Waals surface area contributed by atoms with E-state index in [4.69, 9.17) is 9.47 Å². The molecule has 7 rings (SSSR count). The summed E-state index contributed by atoms with van der Waals surface area (Å²) in [5, 5.41) is 0.933. The molecule has 2 fully saturated rings. The summed E-state index contributed by atoms with van der Waals surface area (Å²) in [6.45, 7) is 8.97.